The van der Waals surface area contributed by atoms with Gasteiger partial charge in [0.1, 0.15) is 0 Å². The Hall–Kier alpha value is -1.83. The van der Waals surface area contributed by atoms with Crippen molar-refractivity contribution in [3.05, 3.63) is 66.5 Å². The molecule has 0 spiro atoms. The third-order valence-corrected chi connectivity index (χ3v) is 8.56. The summed E-state index contributed by atoms with van der Waals surface area (Å²) in [6.45, 7) is 4.31. The normalized spacial score (nSPS) is 21.8. The fourth-order valence-corrected chi connectivity index (χ4v) is 6.65. The first kappa shape index (κ1) is 24.8. The minimum atomic E-state index is -0.175. The molecule has 1 aliphatic heterocycles. The van der Waals surface area contributed by atoms with E-state index in [-0.39, 0.29) is 18.0 Å². The van der Waals surface area contributed by atoms with Gasteiger partial charge in [0.25, 0.3) is 5.91 Å². The highest BCUT2D eigenvalue weighted by Gasteiger charge is 2.32. The summed E-state index contributed by atoms with van der Waals surface area (Å²) < 4.78 is 2.55. The monoisotopic (exact) mass is 548 g/mol. The highest BCUT2D eigenvalue weighted by Crippen LogP contribution is 2.38. The molecule has 2 unspecified atom stereocenters. The molecule has 0 bridgehead atoms. The van der Waals surface area contributed by atoms with E-state index in [0.717, 1.165) is 58.1 Å². The molecule has 1 aliphatic carbocycles. The number of carbonyl (C=O) groups is 1. The number of amides is 1. The fourth-order valence-electron chi connectivity index (χ4n) is 5.13. The third-order valence-electron chi connectivity index (χ3n) is 6.85. The first-order valence-corrected chi connectivity index (χ1v) is 13.9. The molecular formula is C26H27Cl3N4OS. The summed E-state index contributed by atoms with van der Waals surface area (Å²) >= 11 is 20.5. The molecule has 5 rings (SSSR count). The number of rotatable bonds is 4. The van der Waals surface area contributed by atoms with Crippen molar-refractivity contribution in [2.75, 3.05) is 0 Å². The van der Waals surface area contributed by atoms with Crippen molar-refractivity contribution >= 4 is 63.7 Å². The van der Waals surface area contributed by atoms with Crippen molar-refractivity contribution < 1.29 is 4.79 Å². The second-order valence-corrected chi connectivity index (χ2v) is 11.9. The molecule has 9 heteroatoms. The summed E-state index contributed by atoms with van der Waals surface area (Å²) in [6, 6.07) is 9.82. The van der Waals surface area contributed by atoms with E-state index in [1.165, 1.54) is 17.8 Å². The molecule has 1 aromatic carbocycles. The second kappa shape index (κ2) is 10.3. The average Bonchev–Trinajstić information content (AvgIpc) is 3.40. The van der Waals surface area contributed by atoms with Crippen molar-refractivity contribution in [3.8, 4) is 5.69 Å². The number of thiophene rings is 1. The van der Waals surface area contributed by atoms with Crippen LogP contribution in [0.1, 0.15) is 72.6 Å². The molecule has 35 heavy (non-hydrogen) atoms. The number of fused-ring (bicyclic) bond motifs is 1. The maximum atomic E-state index is 13.6. The number of piperidine rings is 1. The lowest BCUT2D eigenvalue weighted by molar-refractivity contribution is 0.0365. The molecule has 1 saturated heterocycles. The van der Waals surface area contributed by atoms with Gasteiger partial charge >= 0.3 is 0 Å². The number of nitrogens with zero attached hydrogens (tertiary/aromatic N) is 3. The summed E-state index contributed by atoms with van der Waals surface area (Å²) in [5.41, 5.74) is 7.31. The summed E-state index contributed by atoms with van der Waals surface area (Å²) in [4.78, 5) is 14.7. The maximum absolute atomic E-state index is 13.6. The fraction of sp³-hybridized carbons (Fsp3) is 0.385. The molecule has 5 nitrogen and oxygen atoms in total. The molecule has 1 amide bonds. The number of hydrogen-bond acceptors (Lipinski definition) is 4. The zero-order valence-electron chi connectivity index (χ0n) is 19.7. The SMILES string of the molecule is CC1CCCC(C)N1NC(=O)c1nn(-c2ccc(Cl)cc2Cl)c2c1CCCC2=Cc1ccc(Cl)s1. The Bertz CT molecular complexity index is 1290. The van der Waals surface area contributed by atoms with Gasteiger partial charge in [-0.25, -0.2) is 9.69 Å². The van der Waals surface area contributed by atoms with Gasteiger partial charge in [0.2, 0.25) is 0 Å². The van der Waals surface area contributed by atoms with Crippen LogP contribution in [0.15, 0.2) is 30.3 Å². The molecule has 184 valence electrons. The number of hydrogen-bond donors (Lipinski definition) is 1. The lowest BCUT2D eigenvalue weighted by Gasteiger charge is -2.38. The Morgan fingerprint density at radius 3 is 2.54 bits per heavy atom. The van der Waals surface area contributed by atoms with Gasteiger partial charge in [-0.2, -0.15) is 5.10 Å². The third kappa shape index (κ3) is 5.05. The molecular weight excluding hydrogens is 523 g/mol. The Morgan fingerprint density at radius 2 is 1.86 bits per heavy atom. The van der Waals surface area contributed by atoms with Crippen LogP contribution in [-0.4, -0.2) is 32.8 Å². The number of carbonyl (C=O) groups excluding carboxylic acids is 1. The molecule has 2 aliphatic rings. The second-order valence-electron chi connectivity index (χ2n) is 9.33. The van der Waals surface area contributed by atoms with Crippen LogP contribution in [0.2, 0.25) is 14.4 Å². The average molecular weight is 550 g/mol. The Kier molecular flexibility index (Phi) is 7.29. The lowest BCUT2D eigenvalue weighted by atomic mass is 9.90. The van der Waals surface area contributed by atoms with Crippen LogP contribution in [0.25, 0.3) is 17.3 Å². The topological polar surface area (TPSA) is 50.2 Å². The van der Waals surface area contributed by atoms with Crippen molar-refractivity contribution in [1.82, 2.24) is 20.2 Å². The van der Waals surface area contributed by atoms with Crippen LogP contribution in [0.4, 0.5) is 0 Å². The standard InChI is InChI=1S/C26H27Cl3N4OS/c1-15-5-3-6-16(2)32(15)31-26(34)24-20-8-4-7-17(13-19-10-12-23(29)35-19)25(20)33(30-24)22-11-9-18(27)14-21(22)28/h9-16H,3-8H2,1-2H3,(H,31,34). The van der Waals surface area contributed by atoms with Gasteiger partial charge in [0, 0.05) is 27.5 Å². The molecule has 1 N–H and O–H groups in total. The molecule has 0 saturated carbocycles. The largest absolute Gasteiger partial charge is 0.286 e. The smallest absolute Gasteiger partial charge is 0.283 e. The first-order chi connectivity index (χ1) is 16.8. The zero-order valence-corrected chi connectivity index (χ0v) is 22.7. The van der Waals surface area contributed by atoms with E-state index in [1.807, 2.05) is 22.9 Å². The number of benzene rings is 1. The molecule has 2 atom stereocenters. The van der Waals surface area contributed by atoms with Crippen LogP contribution in [0.5, 0.6) is 0 Å². The van der Waals surface area contributed by atoms with E-state index in [2.05, 4.69) is 30.4 Å². The molecule has 0 radical (unpaired) electrons. The number of halogens is 3. The first-order valence-electron chi connectivity index (χ1n) is 11.9. The van der Waals surface area contributed by atoms with Gasteiger partial charge in [-0.3, -0.25) is 10.2 Å². The predicted molar refractivity (Wildman–Crippen MR) is 146 cm³/mol. The van der Waals surface area contributed by atoms with Gasteiger partial charge in [-0.1, -0.05) is 41.2 Å². The summed E-state index contributed by atoms with van der Waals surface area (Å²) in [5.74, 6) is -0.175. The van der Waals surface area contributed by atoms with Gasteiger partial charge in [-0.15, -0.1) is 11.3 Å². The maximum Gasteiger partial charge on any atom is 0.286 e. The predicted octanol–water partition coefficient (Wildman–Crippen LogP) is 7.68. The highest BCUT2D eigenvalue weighted by molar-refractivity contribution is 7.17. The van der Waals surface area contributed by atoms with Crippen LogP contribution < -0.4 is 5.43 Å². The van der Waals surface area contributed by atoms with Crippen molar-refractivity contribution in [2.45, 2.75) is 64.5 Å². The van der Waals surface area contributed by atoms with E-state index >= 15 is 0 Å². The van der Waals surface area contributed by atoms with Crippen LogP contribution >= 0.6 is 46.1 Å². The van der Waals surface area contributed by atoms with E-state index in [0.29, 0.717) is 21.4 Å². The van der Waals surface area contributed by atoms with E-state index in [9.17, 15) is 4.79 Å². The van der Waals surface area contributed by atoms with Crippen molar-refractivity contribution in [1.29, 1.82) is 0 Å². The molecule has 3 heterocycles. The van der Waals surface area contributed by atoms with E-state index < -0.39 is 0 Å². The minimum absolute atomic E-state index is 0.175. The van der Waals surface area contributed by atoms with Gasteiger partial charge in [0.15, 0.2) is 5.69 Å². The number of allylic oxidation sites excluding steroid dienone is 1. The quantitative estimate of drug-likeness (QED) is 0.363. The lowest BCUT2D eigenvalue weighted by Crippen LogP contribution is -2.54. The zero-order chi connectivity index (χ0) is 24.7. The summed E-state index contributed by atoms with van der Waals surface area (Å²) in [7, 11) is 0. The van der Waals surface area contributed by atoms with E-state index in [4.69, 9.17) is 39.9 Å². The Labute approximate surface area is 224 Å². The van der Waals surface area contributed by atoms with Gasteiger partial charge in [0.05, 0.1) is 20.7 Å². The number of hydrazine groups is 1. The summed E-state index contributed by atoms with van der Waals surface area (Å²) in [6.07, 6.45) is 8.04. The molecule has 2 aromatic heterocycles. The van der Waals surface area contributed by atoms with Crippen molar-refractivity contribution in [3.63, 3.8) is 0 Å². The molecule has 1 fully saturated rings. The van der Waals surface area contributed by atoms with E-state index in [1.54, 1.807) is 12.1 Å². The Balaban J connectivity index is 1.61. The van der Waals surface area contributed by atoms with Crippen LogP contribution in [0.3, 0.4) is 0 Å². The Morgan fingerprint density at radius 1 is 1.09 bits per heavy atom. The van der Waals surface area contributed by atoms with Crippen LogP contribution in [0, 0.1) is 0 Å². The minimum Gasteiger partial charge on any atom is -0.283 e. The summed E-state index contributed by atoms with van der Waals surface area (Å²) in [5, 5.41) is 7.97. The van der Waals surface area contributed by atoms with Crippen LogP contribution in [-0.2, 0) is 6.42 Å². The molecule has 3 aromatic rings. The van der Waals surface area contributed by atoms with Crippen molar-refractivity contribution in [2.24, 2.45) is 0 Å². The van der Waals surface area contributed by atoms with Gasteiger partial charge < -0.3 is 0 Å². The number of nitrogens with one attached hydrogen (secondary N) is 1. The van der Waals surface area contributed by atoms with Gasteiger partial charge in [-0.05, 0) is 87.9 Å². The highest BCUT2D eigenvalue weighted by atomic mass is 35.5. The number of aromatic nitrogens is 2.